The highest BCUT2D eigenvalue weighted by molar-refractivity contribution is 6.33. The lowest BCUT2D eigenvalue weighted by molar-refractivity contribution is 0.282. The first-order valence-electron chi connectivity index (χ1n) is 3.31. The molecule has 0 fully saturated rings. The van der Waals surface area contributed by atoms with Gasteiger partial charge in [0.25, 0.3) is 0 Å². The van der Waals surface area contributed by atoms with E-state index in [0.29, 0.717) is 10.7 Å². The Morgan fingerprint density at radius 2 is 2.18 bits per heavy atom. The van der Waals surface area contributed by atoms with Gasteiger partial charge in [-0.2, -0.15) is 0 Å². The van der Waals surface area contributed by atoms with Gasteiger partial charge in [0.1, 0.15) is 0 Å². The number of rotatable bonds is 1. The summed E-state index contributed by atoms with van der Waals surface area (Å²) in [5.74, 6) is 0. The molecule has 0 saturated heterocycles. The standard InChI is InChI=1S/C8H10ClNO/c1-5-2-3-7(9)8(10)6(5)4-11/h2-3,11H,4,10H2,1H3. The van der Waals surface area contributed by atoms with Gasteiger partial charge in [-0.25, -0.2) is 0 Å². The number of aryl methyl sites for hydroxylation is 1. The van der Waals surface area contributed by atoms with Crippen molar-refractivity contribution in [2.45, 2.75) is 13.5 Å². The molecule has 0 saturated carbocycles. The molecule has 0 unspecified atom stereocenters. The van der Waals surface area contributed by atoms with Crippen molar-refractivity contribution in [1.82, 2.24) is 0 Å². The highest BCUT2D eigenvalue weighted by Gasteiger charge is 2.04. The van der Waals surface area contributed by atoms with E-state index in [1.165, 1.54) is 0 Å². The van der Waals surface area contributed by atoms with Gasteiger partial charge in [0.15, 0.2) is 0 Å². The van der Waals surface area contributed by atoms with Crippen LogP contribution in [0.3, 0.4) is 0 Å². The molecule has 11 heavy (non-hydrogen) atoms. The molecule has 60 valence electrons. The van der Waals surface area contributed by atoms with Crippen molar-refractivity contribution < 1.29 is 5.11 Å². The summed E-state index contributed by atoms with van der Waals surface area (Å²) in [5, 5.41) is 9.38. The second kappa shape index (κ2) is 3.11. The van der Waals surface area contributed by atoms with Gasteiger partial charge in [0.05, 0.1) is 17.3 Å². The molecule has 0 aliphatic heterocycles. The number of anilines is 1. The molecule has 3 heteroatoms. The highest BCUT2D eigenvalue weighted by atomic mass is 35.5. The van der Waals surface area contributed by atoms with Crippen molar-refractivity contribution in [2.24, 2.45) is 0 Å². The lowest BCUT2D eigenvalue weighted by atomic mass is 10.1. The molecule has 0 radical (unpaired) electrons. The van der Waals surface area contributed by atoms with Crippen molar-refractivity contribution in [2.75, 3.05) is 5.73 Å². The van der Waals surface area contributed by atoms with Gasteiger partial charge in [0, 0.05) is 5.56 Å². The van der Waals surface area contributed by atoms with Crippen LogP contribution >= 0.6 is 11.6 Å². The van der Waals surface area contributed by atoms with Gasteiger partial charge in [0.2, 0.25) is 0 Å². The quantitative estimate of drug-likeness (QED) is 0.633. The molecule has 3 N–H and O–H groups in total. The molecular weight excluding hydrogens is 162 g/mol. The number of hydrogen-bond donors (Lipinski definition) is 2. The molecule has 1 rings (SSSR count). The summed E-state index contributed by atoms with van der Waals surface area (Å²) >= 11 is 5.73. The maximum absolute atomic E-state index is 8.89. The van der Waals surface area contributed by atoms with Gasteiger partial charge in [-0.15, -0.1) is 0 Å². The summed E-state index contributed by atoms with van der Waals surface area (Å²) in [6.07, 6.45) is 0. The van der Waals surface area contributed by atoms with Gasteiger partial charge in [-0.1, -0.05) is 17.7 Å². The molecule has 0 bridgehead atoms. The number of nitrogens with two attached hydrogens (primary N) is 1. The van der Waals surface area contributed by atoms with Crippen molar-refractivity contribution in [3.05, 3.63) is 28.3 Å². The predicted octanol–water partition coefficient (Wildman–Crippen LogP) is 1.72. The number of halogens is 1. The molecule has 1 aromatic carbocycles. The van der Waals surface area contributed by atoms with E-state index in [0.717, 1.165) is 11.1 Å². The van der Waals surface area contributed by atoms with Crippen molar-refractivity contribution in [3.63, 3.8) is 0 Å². The fraction of sp³-hybridized carbons (Fsp3) is 0.250. The summed E-state index contributed by atoms with van der Waals surface area (Å²) in [6.45, 7) is 1.83. The summed E-state index contributed by atoms with van der Waals surface area (Å²) in [6, 6.07) is 3.57. The Morgan fingerprint density at radius 3 is 2.64 bits per heavy atom. The first-order valence-corrected chi connectivity index (χ1v) is 3.69. The fourth-order valence-corrected chi connectivity index (χ4v) is 1.13. The molecule has 0 amide bonds. The van der Waals surface area contributed by atoms with Crippen molar-refractivity contribution >= 4 is 17.3 Å². The summed E-state index contributed by atoms with van der Waals surface area (Å²) < 4.78 is 0. The Bertz CT molecular complexity index is 273. The normalized spacial score (nSPS) is 10.1. The Balaban J connectivity index is 3.29. The van der Waals surface area contributed by atoms with E-state index >= 15 is 0 Å². The fourth-order valence-electron chi connectivity index (χ4n) is 0.955. The minimum absolute atomic E-state index is 0.0573. The molecule has 0 aromatic heterocycles. The Kier molecular flexibility index (Phi) is 2.37. The maximum Gasteiger partial charge on any atom is 0.0705 e. The Hall–Kier alpha value is -0.730. The van der Waals surface area contributed by atoms with Crippen LogP contribution in [-0.2, 0) is 6.61 Å². The molecule has 0 aliphatic carbocycles. The average Bonchev–Trinajstić information content (AvgIpc) is 1.99. The number of aliphatic hydroxyl groups is 1. The molecule has 0 aliphatic rings. The highest BCUT2D eigenvalue weighted by Crippen LogP contribution is 2.25. The van der Waals surface area contributed by atoms with E-state index in [4.69, 9.17) is 22.4 Å². The first-order chi connectivity index (χ1) is 5.16. The Morgan fingerprint density at radius 1 is 1.55 bits per heavy atom. The van der Waals surface area contributed by atoms with Gasteiger partial charge < -0.3 is 10.8 Å². The minimum atomic E-state index is -0.0573. The zero-order valence-electron chi connectivity index (χ0n) is 6.26. The van der Waals surface area contributed by atoms with E-state index in [1.54, 1.807) is 6.07 Å². The summed E-state index contributed by atoms with van der Waals surface area (Å²) in [7, 11) is 0. The molecular formula is C8H10ClNO. The smallest absolute Gasteiger partial charge is 0.0705 e. The van der Waals surface area contributed by atoms with Crippen LogP contribution in [0.25, 0.3) is 0 Å². The van der Waals surface area contributed by atoms with Crippen molar-refractivity contribution in [1.29, 1.82) is 0 Å². The number of benzene rings is 1. The van der Waals surface area contributed by atoms with Crippen LogP contribution in [0.1, 0.15) is 11.1 Å². The largest absolute Gasteiger partial charge is 0.397 e. The van der Waals surface area contributed by atoms with Crippen LogP contribution in [0, 0.1) is 6.92 Å². The number of nitrogen functional groups attached to an aromatic ring is 1. The second-order valence-corrected chi connectivity index (χ2v) is 2.82. The third-order valence-corrected chi connectivity index (χ3v) is 2.03. The first kappa shape index (κ1) is 8.37. The lowest BCUT2D eigenvalue weighted by Gasteiger charge is -2.07. The summed E-state index contributed by atoms with van der Waals surface area (Å²) in [4.78, 5) is 0. The molecule has 1 aromatic rings. The van der Waals surface area contributed by atoms with E-state index in [1.807, 2.05) is 13.0 Å². The zero-order valence-corrected chi connectivity index (χ0v) is 7.02. The van der Waals surface area contributed by atoms with Crippen LogP contribution in [0.15, 0.2) is 12.1 Å². The van der Waals surface area contributed by atoms with Crippen LogP contribution < -0.4 is 5.73 Å². The van der Waals surface area contributed by atoms with Gasteiger partial charge in [-0.3, -0.25) is 0 Å². The van der Waals surface area contributed by atoms with Crippen LogP contribution in [0.4, 0.5) is 5.69 Å². The Labute approximate surface area is 70.6 Å². The predicted molar refractivity (Wildman–Crippen MR) is 46.5 cm³/mol. The summed E-state index contributed by atoms with van der Waals surface area (Å²) in [5.41, 5.74) is 7.77. The van der Waals surface area contributed by atoms with E-state index in [9.17, 15) is 0 Å². The van der Waals surface area contributed by atoms with Gasteiger partial charge in [-0.05, 0) is 18.6 Å². The van der Waals surface area contributed by atoms with Crippen molar-refractivity contribution in [3.8, 4) is 0 Å². The number of aliphatic hydroxyl groups excluding tert-OH is 1. The minimum Gasteiger partial charge on any atom is -0.397 e. The molecule has 0 heterocycles. The molecule has 2 nitrogen and oxygen atoms in total. The monoisotopic (exact) mass is 171 g/mol. The van der Waals surface area contributed by atoms with Crippen LogP contribution in [0.5, 0.6) is 0 Å². The second-order valence-electron chi connectivity index (χ2n) is 2.41. The topological polar surface area (TPSA) is 46.2 Å². The van der Waals surface area contributed by atoms with Gasteiger partial charge >= 0.3 is 0 Å². The van der Waals surface area contributed by atoms with E-state index < -0.39 is 0 Å². The van der Waals surface area contributed by atoms with E-state index in [-0.39, 0.29) is 6.61 Å². The zero-order chi connectivity index (χ0) is 8.43. The third-order valence-electron chi connectivity index (χ3n) is 1.70. The average molecular weight is 172 g/mol. The number of hydrogen-bond acceptors (Lipinski definition) is 2. The van der Waals surface area contributed by atoms with E-state index in [2.05, 4.69) is 0 Å². The molecule has 0 atom stereocenters. The van der Waals surface area contributed by atoms with Crippen LogP contribution in [-0.4, -0.2) is 5.11 Å². The molecule has 0 spiro atoms. The van der Waals surface area contributed by atoms with Crippen LogP contribution in [0.2, 0.25) is 5.02 Å². The SMILES string of the molecule is Cc1ccc(Cl)c(N)c1CO. The maximum atomic E-state index is 8.89. The lowest BCUT2D eigenvalue weighted by Crippen LogP contribution is -1.97. The third kappa shape index (κ3) is 1.47.